The monoisotopic (exact) mass is 385 g/mol. The zero-order valence-electron chi connectivity index (χ0n) is 13.4. The van der Waals surface area contributed by atoms with Gasteiger partial charge < -0.3 is 4.57 Å². The van der Waals surface area contributed by atoms with Gasteiger partial charge in [0.1, 0.15) is 0 Å². The first kappa shape index (κ1) is 17.9. The fraction of sp³-hybridized carbons (Fsp3) is 0.111. The lowest BCUT2D eigenvalue weighted by atomic mass is 10.1. The van der Waals surface area contributed by atoms with Crippen molar-refractivity contribution < 1.29 is 9.72 Å². The third-order valence-corrected chi connectivity index (χ3v) is 5.06. The van der Waals surface area contributed by atoms with Crippen molar-refractivity contribution in [1.82, 2.24) is 4.57 Å². The van der Waals surface area contributed by atoms with Crippen molar-refractivity contribution in [2.45, 2.75) is 13.0 Å². The lowest BCUT2D eigenvalue weighted by molar-refractivity contribution is -0.384. The van der Waals surface area contributed by atoms with Crippen LogP contribution in [0.2, 0.25) is 5.02 Å². The van der Waals surface area contributed by atoms with Gasteiger partial charge in [-0.25, -0.2) is 0 Å². The first-order chi connectivity index (χ1) is 12.5. The van der Waals surface area contributed by atoms with E-state index < -0.39 is 4.92 Å². The van der Waals surface area contributed by atoms with Crippen LogP contribution in [0.3, 0.4) is 0 Å². The number of thiazole rings is 1. The fourth-order valence-corrected chi connectivity index (χ4v) is 3.74. The van der Waals surface area contributed by atoms with Crippen molar-refractivity contribution >= 4 is 44.7 Å². The Morgan fingerprint density at radius 3 is 2.81 bits per heavy atom. The highest BCUT2D eigenvalue weighted by Crippen LogP contribution is 2.23. The first-order valence-electron chi connectivity index (χ1n) is 7.52. The minimum atomic E-state index is -0.468. The second kappa shape index (κ2) is 7.52. The van der Waals surface area contributed by atoms with Crippen LogP contribution in [0, 0.1) is 22.5 Å². The summed E-state index contributed by atoms with van der Waals surface area (Å²) >= 11 is 7.26. The summed E-state index contributed by atoms with van der Waals surface area (Å²) < 4.78 is 2.33. The van der Waals surface area contributed by atoms with Crippen LogP contribution in [0.15, 0.2) is 47.5 Å². The van der Waals surface area contributed by atoms with Crippen LogP contribution in [-0.4, -0.2) is 15.4 Å². The average Bonchev–Trinajstić information content (AvgIpc) is 2.94. The zero-order chi connectivity index (χ0) is 18.7. The second-order valence-corrected chi connectivity index (χ2v) is 6.77. The molecule has 0 saturated carbocycles. The van der Waals surface area contributed by atoms with E-state index in [1.54, 1.807) is 34.9 Å². The molecule has 26 heavy (non-hydrogen) atoms. The fourth-order valence-electron chi connectivity index (χ4n) is 2.46. The van der Waals surface area contributed by atoms with E-state index in [9.17, 15) is 14.9 Å². The standard InChI is InChI=1S/C18H12ClN3O3S/c1-2-9-21-15-8-7-13(22(24)25)11-16(15)26-18(21)20-17(23)10-12-5-3-4-6-14(12)19/h1,3-8,11H,9-10H2. The van der Waals surface area contributed by atoms with E-state index in [0.717, 1.165) is 0 Å². The molecule has 0 spiro atoms. The number of amides is 1. The third kappa shape index (κ3) is 3.67. The highest BCUT2D eigenvalue weighted by atomic mass is 35.5. The molecule has 0 aliphatic carbocycles. The average molecular weight is 386 g/mol. The lowest BCUT2D eigenvalue weighted by Gasteiger charge is -2.01. The molecule has 8 heteroatoms. The molecule has 6 nitrogen and oxygen atoms in total. The number of hydrogen-bond donors (Lipinski definition) is 0. The molecule has 2 aromatic carbocycles. The van der Waals surface area contributed by atoms with Crippen LogP contribution in [-0.2, 0) is 17.8 Å². The third-order valence-electron chi connectivity index (χ3n) is 3.65. The number of non-ortho nitro benzene ring substituents is 1. The number of carbonyl (C=O) groups is 1. The number of nitrogens with zero attached hydrogens (tertiary/aromatic N) is 3. The number of halogens is 1. The summed E-state index contributed by atoms with van der Waals surface area (Å²) in [6, 6.07) is 11.5. The maximum Gasteiger partial charge on any atom is 0.270 e. The molecule has 3 aromatic rings. The van der Waals surface area contributed by atoms with Crippen LogP contribution in [0.5, 0.6) is 0 Å². The van der Waals surface area contributed by atoms with Crippen molar-refractivity contribution in [3.05, 3.63) is 68.0 Å². The Balaban J connectivity index is 2.05. The van der Waals surface area contributed by atoms with Crippen LogP contribution in [0.25, 0.3) is 10.2 Å². The van der Waals surface area contributed by atoms with Crippen molar-refractivity contribution in [3.8, 4) is 12.3 Å². The summed E-state index contributed by atoms with van der Waals surface area (Å²) in [5, 5.41) is 11.5. The summed E-state index contributed by atoms with van der Waals surface area (Å²) in [5.41, 5.74) is 1.35. The van der Waals surface area contributed by atoms with Gasteiger partial charge in [-0.3, -0.25) is 14.9 Å². The van der Waals surface area contributed by atoms with Crippen LogP contribution >= 0.6 is 22.9 Å². The number of hydrogen-bond acceptors (Lipinski definition) is 4. The summed E-state index contributed by atoms with van der Waals surface area (Å²) in [4.78, 5) is 27.4. The number of rotatable bonds is 4. The van der Waals surface area contributed by atoms with Crippen LogP contribution < -0.4 is 4.80 Å². The van der Waals surface area contributed by atoms with Crippen molar-refractivity contribution in [3.63, 3.8) is 0 Å². The molecule has 0 radical (unpaired) electrons. The molecular formula is C18H12ClN3O3S. The quantitative estimate of drug-likeness (QED) is 0.391. The highest BCUT2D eigenvalue weighted by molar-refractivity contribution is 7.16. The van der Waals surface area contributed by atoms with E-state index in [2.05, 4.69) is 10.9 Å². The molecule has 1 aromatic heterocycles. The van der Waals surface area contributed by atoms with Gasteiger partial charge in [0.15, 0.2) is 4.80 Å². The number of nitro groups is 1. The van der Waals surface area contributed by atoms with Crippen LogP contribution in [0.4, 0.5) is 5.69 Å². The van der Waals surface area contributed by atoms with E-state index >= 15 is 0 Å². The van der Waals surface area contributed by atoms with Gasteiger partial charge in [0.05, 0.1) is 28.1 Å². The Hall–Kier alpha value is -2.95. The normalized spacial score (nSPS) is 11.5. The van der Waals surface area contributed by atoms with Gasteiger partial charge >= 0.3 is 0 Å². The molecule has 1 amide bonds. The number of benzene rings is 2. The molecule has 0 N–H and O–H groups in total. The van der Waals surface area contributed by atoms with Gasteiger partial charge in [-0.2, -0.15) is 4.99 Å². The molecule has 1 heterocycles. The minimum Gasteiger partial charge on any atom is -0.305 e. The maximum absolute atomic E-state index is 12.4. The molecule has 0 atom stereocenters. The molecule has 130 valence electrons. The van der Waals surface area contributed by atoms with Gasteiger partial charge in [-0.05, 0) is 17.7 Å². The Morgan fingerprint density at radius 1 is 1.35 bits per heavy atom. The molecule has 0 aliphatic heterocycles. The van der Waals surface area contributed by atoms with E-state index in [0.29, 0.717) is 25.6 Å². The smallest absolute Gasteiger partial charge is 0.270 e. The second-order valence-electron chi connectivity index (χ2n) is 5.36. The Bertz CT molecular complexity index is 1120. The van der Waals surface area contributed by atoms with Gasteiger partial charge in [0.2, 0.25) is 0 Å². The Labute approximate surface area is 157 Å². The van der Waals surface area contributed by atoms with E-state index in [1.807, 2.05) is 0 Å². The maximum atomic E-state index is 12.4. The summed E-state index contributed by atoms with van der Waals surface area (Å²) in [6.45, 7) is 0.204. The predicted molar refractivity (Wildman–Crippen MR) is 101 cm³/mol. The molecule has 0 unspecified atom stereocenters. The molecule has 0 saturated heterocycles. The van der Waals surface area contributed by atoms with Crippen molar-refractivity contribution in [2.24, 2.45) is 4.99 Å². The summed E-state index contributed by atoms with van der Waals surface area (Å²) in [5.74, 6) is 2.14. The SMILES string of the molecule is C#CCn1c(=NC(=O)Cc2ccccc2Cl)sc2cc([N+](=O)[O-])ccc21. The molecule has 3 rings (SSSR count). The zero-order valence-corrected chi connectivity index (χ0v) is 15.0. The van der Waals surface area contributed by atoms with Crippen molar-refractivity contribution in [1.29, 1.82) is 0 Å². The Kier molecular flexibility index (Phi) is 5.16. The number of nitro benzene ring substituents is 1. The lowest BCUT2D eigenvalue weighted by Crippen LogP contribution is -2.17. The van der Waals surface area contributed by atoms with Crippen LogP contribution in [0.1, 0.15) is 5.56 Å². The minimum absolute atomic E-state index is 0.0273. The predicted octanol–water partition coefficient (Wildman–Crippen LogP) is 3.57. The summed E-state index contributed by atoms with van der Waals surface area (Å²) in [7, 11) is 0. The van der Waals surface area contributed by atoms with Gasteiger partial charge in [0.25, 0.3) is 11.6 Å². The van der Waals surface area contributed by atoms with Gasteiger partial charge in [0, 0.05) is 17.2 Å². The molecular weight excluding hydrogens is 374 g/mol. The largest absolute Gasteiger partial charge is 0.305 e. The first-order valence-corrected chi connectivity index (χ1v) is 8.71. The van der Waals surface area contributed by atoms with Gasteiger partial charge in [-0.1, -0.05) is 47.1 Å². The van der Waals surface area contributed by atoms with E-state index in [4.69, 9.17) is 18.0 Å². The van der Waals surface area contributed by atoms with E-state index in [-0.39, 0.29) is 24.6 Å². The molecule has 0 fully saturated rings. The highest BCUT2D eigenvalue weighted by Gasteiger charge is 2.13. The molecule has 0 bridgehead atoms. The topological polar surface area (TPSA) is 77.5 Å². The molecule has 0 aliphatic rings. The number of terminal acetylenes is 1. The van der Waals surface area contributed by atoms with E-state index in [1.165, 1.54) is 23.5 Å². The Morgan fingerprint density at radius 2 is 2.12 bits per heavy atom. The number of fused-ring (bicyclic) bond motifs is 1. The number of carbonyl (C=O) groups excluding carboxylic acids is 1. The van der Waals surface area contributed by atoms with Gasteiger partial charge in [-0.15, -0.1) is 6.42 Å². The summed E-state index contributed by atoms with van der Waals surface area (Å²) in [6.07, 6.45) is 5.47. The number of aromatic nitrogens is 1. The van der Waals surface area contributed by atoms with Crippen molar-refractivity contribution in [2.75, 3.05) is 0 Å².